The van der Waals surface area contributed by atoms with Gasteiger partial charge in [0.1, 0.15) is 5.82 Å². The summed E-state index contributed by atoms with van der Waals surface area (Å²) in [6.45, 7) is 6.93. The monoisotopic (exact) mass is 439 g/mol. The van der Waals surface area contributed by atoms with Crippen LogP contribution in [0, 0.1) is 11.2 Å². The van der Waals surface area contributed by atoms with Crippen LogP contribution in [0.2, 0.25) is 0 Å². The number of hydrogen-bond acceptors (Lipinski definition) is 5. The lowest BCUT2D eigenvalue weighted by Gasteiger charge is -2.34. The van der Waals surface area contributed by atoms with E-state index in [1.165, 1.54) is 23.5 Å². The van der Waals surface area contributed by atoms with E-state index in [1.54, 1.807) is 12.3 Å². The Morgan fingerprint density at radius 2 is 1.90 bits per heavy atom. The Bertz CT molecular complexity index is 1020. The molecule has 1 N–H and O–H groups in total. The first kappa shape index (κ1) is 21.5. The standard InChI is InChI=1S/C24H26FN3O2S/c1-24(2,22(29)27-23-26-10-15-31-23)21(18-4-3-5-19(25)16-18)17-6-8-20(9-7-17)28-11-13-30-14-12-28/h3-10,15-16,21H,11-14H2,1-2H3,(H,26,27,29). The molecule has 0 bridgehead atoms. The Kier molecular flexibility index (Phi) is 6.34. The molecule has 7 heteroatoms. The van der Waals surface area contributed by atoms with E-state index in [2.05, 4.69) is 27.3 Å². The highest BCUT2D eigenvalue weighted by molar-refractivity contribution is 7.13. The molecule has 4 rings (SSSR count). The zero-order valence-corrected chi connectivity index (χ0v) is 18.5. The van der Waals surface area contributed by atoms with Gasteiger partial charge in [-0.1, -0.05) is 38.1 Å². The maximum Gasteiger partial charge on any atom is 0.232 e. The minimum absolute atomic E-state index is 0.158. The van der Waals surface area contributed by atoms with Gasteiger partial charge in [0.2, 0.25) is 5.91 Å². The number of aromatic nitrogens is 1. The van der Waals surface area contributed by atoms with E-state index < -0.39 is 5.41 Å². The van der Waals surface area contributed by atoms with Crippen molar-refractivity contribution in [1.82, 2.24) is 4.98 Å². The summed E-state index contributed by atoms with van der Waals surface area (Å²) in [4.78, 5) is 19.7. The summed E-state index contributed by atoms with van der Waals surface area (Å²) < 4.78 is 19.6. The predicted molar refractivity (Wildman–Crippen MR) is 122 cm³/mol. The first-order valence-electron chi connectivity index (χ1n) is 10.3. The van der Waals surface area contributed by atoms with E-state index in [1.807, 2.05) is 37.4 Å². The van der Waals surface area contributed by atoms with E-state index in [0.29, 0.717) is 5.13 Å². The topological polar surface area (TPSA) is 54.5 Å². The molecule has 0 radical (unpaired) electrons. The quantitative estimate of drug-likeness (QED) is 0.593. The summed E-state index contributed by atoms with van der Waals surface area (Å²) in [7, 11) is 0. The third kappa shape index (κ3) is 4.78. The van der Waals surface area contributed by atoms with Gasteiger partial charge >= 0.3 is 0 Å². The second-order valence-electron chi connectivity index (χ2n) is 8.19. The molecule has 0 aliphatic carbocycles. The third-order valence-electron chi connectivity index (χ3n) is 5.74. The maximum atomic E-state index is 14.1. The van der Waals surface area contributed by atoms with E-state index in [9.17, 15) is 9.18 Å². The number of amides is 1. The number of benzene rings is 2. The van der Waals surface area contributed by atoms with Gasteiger partial charge in [-0.05, 0) is 35.4 Å². The molecule has 1 aromatic heterocycles. The average molecular weight is 440 g/mol. The molecule has 1 fully saturated rings. The summed E-state index contributed by atoms with van der Waals surface area (Å²) in [5.41, 5.74) is 2.00. The molecule has 1 atom stereocenters. The molecule has 2 aromatic carbocycles. The number of anilines is 2. The number of carbonyl (C=O) groups is 1. The number of nitrogens with zero attached hydrogens (tertiary/aromatic N) is 2. The van der Waals surface area contributed by atoms with Gasteiger partial charge in [-0.3, -0.25) is 4.79 Å². The third-order valence-corrected chi connectivity index (χ3v) is 6.43. The SMILES string of the molecule is CC(C)(C(=O)Nc1nccs1)C(c1ccc(N2CCOCC2)cc1)c1cccc(F)c1. The van der Waals surface area contributed by atoms with Gasteiger partial charge in [-0.25, -0.2) is 9.37 Å². The number of morpholine rings is 1. The van der Waals surface area contributed by atoms with Crippen LogP contribution < -0.4 is 10.2 Å². The summed E-state index contributed by atoms with van der Waals surface area (Å²) in [6, 6.07) is 14.7. The smallest absolute Gasteiger partial charge is 0.232 e. The number of nitrogens with one attached hydrogen (secondary N) is 1. The van der Waals surface area contributed by atoms with Crippen molar-refractivity contribution in [2.24, 2.45) is 5.41 Å². The molecule has 1 aliphatic rings. The van der Waals surface area contributed by atoms with E-state index >= 15 is 0 Å². The van der Waals surface area contributed by atoms with Gasteiger partial charge in [0, 0.05) is 36.3 Å². The highest BCUT2D eigenvalue weighted by Gasteiger charge is 2.39. The molecular formula is C24H26FN3O2S. The molecular weight excluding hydrogens is 413 g/mol. The van der Waals surface area contributed by atoms with Gasteiger partial charge in [-0.15, -0.1) is 11.3 Å². The average Bonchev–Trinajstić information content (AvgIpc) is 3.28. The first-order chi connectivity index (χ1) is 14.9. The Morgan fingerprint density at radius 3 is 2.55 bits per heavy atom. The molecule has 1 unspecified atom stereocenters. The van der Waals surface area contributed by atoms with Crippen LogP contribution >= 0.6 is 11.3 Å². The number of ether oxygens (including phenoxy) is 1. The first-order valence-corrected chi connectivity index (χ1v) is 11.2. The van der Waals surface area contributed by atoms with Crippen LogP contribution in [0.5, 0.6) is 0 Å². The maximum absolute atomic E-state index is 14.1. The summed E-state index contributed by atoms with van der Waals surface area (Å²) in [5, 5.41) is 5.28. The van der Waals surface area contributed by atoms with Crippen molar-refractivity contribution in [2.45, 2.75) is 19.8 Å². The van der Waals surface area contributed by atoms with Crippen LogP contribution in [0.3, 0.4) is 0 Å². The number of thiazole rings is 1. The number of carbonyl (C=O) groups excluding carboxylic acids is 1. The van der Waals surface area contributed by atoms with Crippen molar-refractivity contribution >= 4 is 28.1 Å². The van der Waals surface area contributed by atoms with Crippen LogP contribution in [0.1, 0.15) is 30.9 Å². The molecule has 5 nitrogen and oxygen atoms in total. The van der Waals surface area contributed by atoms with Gasteiger partial charge < -0.3 is 15.0 Å². The summed E-state index contributed by atoms with van der Waals surface area (Å²) >= 11 is 1.37. The lowest BCUT2D eigenvalue weighted by Crippen LogP contribution is -2.37. The largest absolute Gasteiger partial charge is 0.378 e. The fraction of sp³-hybridized carbons (Fsp3) is 0.333. The van der Waals surface area contributed by atoms with Crippen molar-refractivity contribution in [3.63, 3.8) is 0 Å². The van der Waals surface area contributed by atoms with Crippen LogP contribution in [0.15, 0.2) is 60.1 Å². The highest BCUT2D eigenvalue weighted by Crippen LogP contribution is 2.42. The molecule has 162 valence electrons. The summed E-state index contributed by atoms with van der Waals surface area (Å²) in [5.74, 6) is -0.806. The van der Waals surface area contributed by atoms with Gasteiger partial charge in [-0.2, -0.15) is 0 Å². The predicted octanol–water partition coefficient (Wildman–Crippen LogP) is 4.92. The number of rotatable bonds is 6. The van der Waals surface area contributed by atoms with Crippen molar-refractivity contribution in [2.75, 3.05) is 36.5 Å². The second-order valence-corrected chi connectivity index (χ2v) is 9.09. The van der Waals surface area contributed by atoms with E-state index in [4.69, 9.17) is 4.74 Å². The normalized spacial score (nSPS) is 15.5. The molecule has 0 saturated carbocycles. The highest BCUT2D eigenvalue weighted by atomic mass is 32.1. The molecule has 3 aromatic rings. The van der Waals surface area contributed by atoms with Crippen molar-refractivity contribution < 1.29 is 13.9 Å². The van der Waals surface area contributed by atoms with E-state index in [0.717, 1.165) is 43.1 Å². The van der Waals surface area contributed by atoms with Crippen LogP contribution in [0.25, 0.3) is 0 Å². The molecule has 1 saturated heterocycles. The lowest BCUT2D eigenvalue weighted by atomic mass is 9.70. The Morgan fingerprint density at radius 1 is 1.16 bits per heavy atom. The fourth-order valence-corrected chi connectivity index (χ4v) is 4.61. The Balaban J connectivity index is 1.68. The molecule has 2 heterocycles. The fourth-order valence-electron chi connectivity index (χ4n) is 4.09. The zero-order chi connectivity index (χ0) is 21.8. The Hall–Kier alpha value is -2.77. The minimum atomic E-state index is -0.847. The van der Waals surface area contributed by atoms with Crippen molar-refractivity contribution in [3.8, 4) is 0 Å². The minimum Gasteiger partial charge on any atom is -0.378 e. The lowest BCUT2D eigenvalue weighted by molar-refractivity contribution is -0.124. The van der Waals surface area contributed by atoms with Gasteiger partial charge in [0.25, 0.3) is 0 Å². The zero-order valence-electron chi connectivity index (χ0n) is 17.7. The van der Waals surface area contributed by atoms with Crippen LogP contribution in [-0.4, -0.2) is 37.2 Å². The van der Waals surface area contributed by atoms with Gasteiger partial charge in [0.15, 0.2) is 5.13 Å². The summed E-state index contributed by atoms with van der Waals surface area (Å²) in [6.07, 6.45) is 1.65. The van der Waals surface area contributed by atoms with Crippen LogP contribution in [0.4, 0.5) is 15.2 Å². The Labute approximate surface area is 185 Å². The van der Waals surface area contributed by atoms with Crippen molar-refractivity contribution in [1.29, 1.82) is 0 Å². The van der Waals surface area contributed by atoms with Gasteiger partial charge in [0.05, 0.1) is 18.6 Å². The van der Waals surface area contributed by atoms with Crippen molar-refractivity contribution in [3.05, 3.63) is 77.1 Å². The molecule has 1 amide bonds. The van der Waals surface area contributed by atoms with Crippen LogP contribution in [-0.2, 0) is 9.53 Å². The molecule has 1 aliphatic heterocycles. The number of hydrogen-bond donors (Lipinski definition) is 1. The second kappa shape index (κ2) is 9.16. The molecule has 0 spiro atoms. The van der Waals surface area contributed by atoms with E-state index in [-0.39, 0.29) is 17.6 Å². The molecule has 31 heavy (non-hydrogen) atoms. The number of halogens is 1.